The molecule has 6 heteroatoms. The number of hydrogen-bond acceptors (Lipinski definition) is 4. The summed E-state index contributed by atoms with van der Waals surface area (Å²) < 4.78 is 16.8. The normalized spacial score (nSPS) is 10.7. The Kier molecular flexibility index (Phi) is 7.16. The highest BCUT2D eigenvalue weighted by Crippen LogP contribution is 2.36. The molecule has 2 rings (SSSR count). The second-order valence-corrected chi connectivity index (χ2v) is 6.35. The van der Waals surface area contributed by atoms with Crippen molar-refractivity contribution in [2.24, 2.45) is 0 Å². The van der Waals surface area contributed by atoms with E-state index in [0.29, 0.717) is 30.6 Å². The third kappa shape index (κ3) is 5.30. The van der Waals surface area contributed by atoms with Gasteiger partial charge in [-0.2, -0.15) is 0 Å². The first-order valence-electron chi connectivity index (χ1n) is 8.47. The van der Waals surface area contributed by atoms with Crippen LogP contribution < -0.4 is 14.2 Å². The molecule has 5 nitrogen and oxygen atoms in total. The Morgan fingerprint density at radius 1 is 1.08 bits per heavy atom. The predicted octanol–water partition coefficient (Wildman–Crippen LogP) is 5.02. The van der Waals surface area contributed by atoms with E-state index in [0.717, 1.165) is 5.75 Å². The van der Waals surface area contributed by atoms with Crippen molar-refractivity contribution in [3.05, 3.63) is 52.5 Å². The van der Waals surface area contributed by atoms with Gasteiger partial charge in [0.2, 0.25) is 0 Å². The maximum absolute atomic E-state index is 11.1. The Morgan fingerprint density at radius 3 is 2.31 bits per heavy atom. The third-order valence-electron chi connectivity index (χ3n) is 3.70. The number of carboxylic acids is 1. The maximum atomic E-state index is 11.1. The summed E-state index contributed by atoms with van der Waals surface area (Å²) in [7, 11) is 0. The van der Waals surface area contributed by atoms with Crippen molar-refractivity contribution >= 4 is 17.6 Å². The molecule has 0 aliphatic carbocycles. The van der Waals surface area contributed by atoms with Gasteiger partial charge in [-0.15, -0.1) is 0 Å². The summed E-state index contributed by atoms with van der Waals surface area (Å²) in [6.07, 6.45) is 0. The first kappa shape index (κ1) is 19.9. The summed E-state index contributed by atoms with van der Waals surface area (Å²) in [5, 5.41) is 9.30. The van der Waals surface area contributed by atoms with Crippen molar-refractivity contribution < 1.29 is 24.1 Å². The summed E-state index contributed by atoms with van der Waals surface area (Å²) in [4.78, 5) is 11.1. The monoisotopic (exact) mass is 378 g/mol. The van der Waals surface area contributed by atoms with Crippen LogP contribution in [-0.2, 0) is 0 Å². The van der Waals surface area contributed by atoms with Crippen LogP contribution in [0.15, 0.2) is 36.4 Å². The molecule has 26 heavy (non-hydrogen) atoms. The van der Waals surface area contributed by atoms with E-state index in [-0.39, 0.29) is 17.2 Å². The van der Waals surface area contributed by atoms with Gasteiger partial charge in [-0.3, -0.25) is 0 Å². The Hall–Kier alpha value is -2.40. The molecule has 2 aromatic carbocycles. The number of carbonyl (C=O) groups is 1. The number of benzene rings is 2. The van der Waals surface area contributed by atoms with Crippen LogP contribution in [-0.4, -0.2) is 30.9 Å². The van der Waals surface area contributed by atoms with E-state index in [9.17, 15) is 4.79 Å². The van der Waals surface area contributed by atoms with Crippen molar-refractivity contribution in [2.45, 2.75) is 26.7 Å². The molecule has 0 spiro atoms. The minimum Gasteiger partial charge on any atom is -0.490 e. The molecule has 0 amide bonds. The molecule has 0 atom stereocenters. The van der Waals surface area contributed by atoms with Crippen LogP contribution in [0.25, 0.3) is 0 Å². The zero-order valence-electron chi connectivity index (χ0n) is 15.1. The van der Waals surface area contributed by atoms with E-state index < -0.39 is 5.97 Å². The average Bonchev–Trinajstić information content (AvgIpc) is 2.60. The molecule has 1 N–H and O–H groups in total. The van der Waals surface area contributed by atoms with Gasteiger partial charge in [-0.1, -0.05) is 37.6 Å². The molecule has 0 unspecified atom stereocenters. The summed E-state index contributed by atoms with van der Waals surface area (Å²) in [6.45, 7) is 7.02. The molecule has 140 valence electrons. The highest BCUT2D eigenvalue weighted by molar-refractivity contribution is 6.32. The molecule has 0 aliphatic rings. The first-order chi connectivity index (χ1) is 12.4. The van der Waals surface area contributed by atoms with E-state index in [1.165, 1.54) is 17.7 Å². The van der Waals surface area contributed by atoms with Crippen LogP contribution in [0.1, 0.15) is 42.6 Å². The highest BCUT2D eigenvalue weighted by Gasteiger charge is 2.15. The van der Waals surface area contributed by atoms with E-state index in [1.54, 1.807) is 6.92 Å². The van der Waals surface area contributed by atoms with Crippen molar-refractivity contribution in [3.8, 4) is 17.2 Å². The topological polar surface area (TPSA) is 65.0 Å². The Balaban J connectivity index is 1.97. The van der Waals surface area contributed by atoms with Crippen LogP contribution >= 0.6 is 11.6 Å². The molecular weight excluding hydrogens is 356 g/mol. The zero-order valence-corrected chi connectivity index (χ0v) is 15.9. The second kappa shape index (κ2) is 9.34. The molecule has 0 aliphatic heterocycles. The summed E-state index contributed by atoms with van der Waals surface area (Å²) in [5.41, 5.74) is 1.30. The minimum atomic E-state index is -1.08. The number of ether oxygens (including phenoxy) is 3. The lowest BCUT2D eigenvalue weighted by Crippen LogP contribution is -2.11. The third-order valence-corrected chi connectivity index (χ3v) is 3.98. The Morgan fingerprint density at radius 2 is 1.73 bits per heavy atom. The van der Waals surface area contributed by atoms with E-state index in [2.05, 4.69) is 13.8 Å². The SMILES string of the molecule is CCOc1cc(C(=O)O)cc(Cl)c1OCCOc1ccc(C(C)C)cc1. The summed E-state index contributed by atoms with van der Waals surface area (Å²) in [6, 6.07) is 10.7. The molecule has 0 bridgehead atoms. The van der Waals surface area contributed by atoms with Crippen LogP contribution in [0.3, 0.4) is 0 Å². The van der Waals surface area contributed by atoms with Gasteiger partial charge >= 0.3 is 5.97 Å². The first-order valence-corrected chi connectivity index (χ1v) is 8.85. The highest BCUT2D eigenvalue weighted by atomic mass is 35.5. The van der Waals surface area contributed by atoms with Crippen LogP contribution in [0.2, 0.25) is 5.02 Å². The number of halogens is 1. The van der Waals surface area contributed by atoms with Crippen LogP contribution in [0.5, 0.6) is 17.2 Å². The van der Waals surface area contributed by atoms with Gasteiger partial charge in [0, 0.05) is 0 Å². The van der Waals surface area contributed by atoms with Crippen LogP contribution in [0, 0.1) is 0 Å². The smallest absolute Gasteiger partial charge is 0.335 e. The number of aromatic carboxylic acids is 1. The molecule has 0 radical (unpaired) electrons. The standard InChI is InChI=1S/C20H23ClO5/c1-4-24-18-12-15(20(22)23)11-17(21)19(18)26-10-9-25-16-7-5-14(6-8-16)13(2)3/h5-8,11-13H,4,9-10H2,1-3H3,(H,22,23). The van der Waals surface area contributed by atoms with Crippen molar-refractivity contribution in [1.29, 1.82) is 0 Å². The average molecular weight is 379 g/mol. The summed E-state index contributed by atoms with van der Waals surface area (Å²) in [5.74, 6) is 0.777. The predicted molar refractivity (Wildman–Crippen MR) is 101 cm³/mol. The lowest BCUT2D eigenvalue weighted by Gasteiger charge is -2.15. The minimum absolute atomic E-state index is 0.0484. The largest absolute Gasteiger partial charge is 0.490 e. The fourth-order valence-electron chi connectivity index (χ4n) is 2.35. The number of hydrogen-bond donors (Lipinski definition) is 1. The van der Waals surface area contributed by atoms with Gasteiger partial charge in [-0.05, 0) is 42.7 Å². The molecule has 0 aromatic heterocycles. The second-order valence-electron chi connectivity index (χ2n) is 5.94. The van der Waals surface area contributed by atoms with Gasteiger partial charge in [-0.25, -0.2) is 4.79 Å². The van der Waals surface area contributed by atoms with Gasteiger partial charge in [0.1, 0.15) is 19.0 Å². The lowest BCUT2D eigenvalue weighted by atomic mass is 10.0. The van der Waals surface area contributed by atoms with Crippen molar-refractivity contribution in [1.82, 2.24) is 0 Å². The van der Waals surface area contributed by atoms with Gasteiger partial charge in [0.05, 0.1) is 17.2 Å². The van der Waals surface area contributed by atoms with Gasteiger partial charge in [0.15, 0.2) is 11.5 Å². The van der Waals surface area contributed by atoms with Gasteiger partial charge in [0.25, 0.3) is 0 Å². The quantitative estimate of drug-likeness (QED) is 0.621. The zero-order chi connectivity index (χ0) is 19.1. The molecule has 2 aromatic rings. The van der Waals surface area contributed by atoms with Gasteiger partial charge < -0.3 is 19.3 Å². The number of rotatable bonds is 9. The van der Waals surface area contributed by atoms with E-state index >= 15 is 0 Å². The van der Waals surface area contributed by atoms with Crippen LogP contribution in [0.4, 0.5) is 0 Å². The lowest BCUT2D eigenvalue weighted by molar-refractivity contribution is 0.0696. The fourth-order valence-corrected chi connectivity index (χ4v) is 2.61. The van der Waals surface area contributed by atoms with Crippen molar-refractivity contribution in [3.63, 3.8) is 0 Å². The van der Waals surface area contributed by atoms with E-state index in [4.69, 9.17) is 30.9 Å². The molecule has 0 fully saturated rings. The molecule has 0 heterocycles. The Labute approximate surface area is 158 Å². The fraction of sp³-hybridized carbons (Fsp3) is 0.350. The molecular formula is C20H23ClO5. The summed E-state index contributed by atoms with van der Waals surface area (Å²) >= 11 is 6.15. The van der Waals surface area contributed by atoms with Crippen molar-refractivity contribution in [2.75, 3.05) is 19.8 Å². The Bertz CT molecular complexity index is 741. The van der Waals surface area contributed by atoms with E-state index in [1.807, 2.05) is 24.3 Å². The maximum Gasteiger partial charge on any atom is 0.335 e. The molecule has 0 saturated carbocycles. The number of carboxylic acid groups (broad SMARTS) is 1. The molecule has 0 saturated heterocycles.